The van der Waals surface area contributed by atoms with Crippen molar-refractivity contribution in [3.63, 3.8) is 0 Å². The predicted molar refractivity (Wildman–Crippen MR) is 150 cm³/mol. The molecule has 0 saturated carbocycles. The molecule has 36 heavy (non-hydrogen) atoms. The molecule has 1 atom stereocenters. The van der Waals surface area contributed by atoms with Crippen LogP contribution >= 0.6 is 24.0 Å². The van der Waals surface area contributed by atoms with E-state index >= 15 is 0 Å². The van der Waals surface area contributed by atoms with E-state index in [4.69, 9.17) is 17.0 Å². The van der Waals surface area contributed by atoms with E-state index in [1.807, 2.05) is 92.7 Å². The number of hydrogen-bond acceptors (Lipinski definition) is 5. The van der Waals surface area contributed by atoms with Crippen LogP contribution in [0.5, 0.6) is 5.75 Å². The lowest BCUT2D eigenvalue weighted by molar-refractivity contribution is -0.129. The van der Waals surface area contributed by atoms with E-state index in [0.29, 0.717) is 29.9 Å². The molecule has 0 radical (unpaired) electrons. The molecule has 1 saturated heterocycles. The van der Waals surface area contributed by atoms with Gasteiger partial charge in [-0.3, -0.25) is 14.5 Å². The lowest BCUT2D eigenvalue weighted by Crippen LogP contribution is -2.36. The van der Waals surface area contributed by atoms with Crippen molar-refractivity contribution in [3.8, 4) is 16.9 Å². The molecule has 4 rings (SSSR count). The zero-order valence-corrected chi connectivity index (χ0v) is 22.1. The van der Waals surface area contributed by atoms with Gasteiger partial charge in [-0.1, -0.05) is 105 Å². The summed E-state index contributed by atoms with van der Waals surface area (Å²) in [4.78, 5) is 26.7. The molecule has 1 aliphatic rings. The summed E-state index contributed by atoms with van der Waals surface area (Å²) in [5.74, 6) is 0.947. The quantitative estimate of drug-likeness (QED) is 0.343. The number of nitrogens with one attached hydrogen (secondary N) is 1. The van der Waals surface area contributed by atoms with Crippen molar-refractivity contribution in [2.24, 2.45) is 5.92 Å². The van der Waals surface area contributed by atoms with Crippen LogP contribution in [0.1, 0.15) is 31.4 Å². The van der Waals surface area contributed by atoms with E-state index in [0.717, 1.165) is 28.0 Å². The lowest BCUT2D eigenvalue weighted by Gasteiger charge is -2.17. The first-order chi connectivity index (χ1) is 17.4. The minimum Gasteiger partial charge on any atom is -0.489 e. The van der Waals surface area contributed by atoms with Crippen LogP contribution in [0.2, 0.25) is 0 Å². The van der Waals surface area contributed by atoms with Crippen molar-refractivity contribution in [1.29, 1.82) is 0 Å². The number of thioether (sulfide) groups is 1. The molecule has 3 aromatic carbocycles. The Morgan fingerprint density at radius 2 is 1.61 bits per heavy atom. The maximum atomic E-state index is 12.6. The molecule has 7 heteroatoms. The Balaban J connectivity index is 1.25. The fourth-order valence-electron chi connectivity index (χ4n) is 3.90. The molecule has 3 aromatic rings. The summed E-state index contributed by atoms with van der Waals surface area (Å²) in [6.45, 7) is 5.64. The molecule has 5 nitrogen and oxygen atoms in total. The third-order valence-corrected chi connectivity index (χ3v) is 7.39. The highest BCUT2D eigenvalue weighted by Gasteiger charge is 2.38. The summed E-state index contributed by atoms with van der Waals surface area (Å²) >= 11 is 6.64. The maximum absolute atomic E-state index is 12.6. The largest absolute Gasteiger partial charge is 0.489 e. The van der Waals surface area contributed by atoms with E-state index in [9.17, 15) is 9.59 Å². The lowest BCUT2D eigenvalue weighted by atomic mass is 10.0. The number of amides is 2. The second-order valence-corrected chi connectivity index (χ2v) is 11.0. The summed E-state index contributed by atoms with van der Waals surface area (Å²) in [5, 5.41) is 2.50. The molecular weight excluding hydrogens is 488 g/mol. The van der Waals surface area contributed by atoms with Gasteiger partial charge in [0.2, 0.25) is 11.8 Å². The third-order valence-electron chi connectivity index (χ3n) is 5.80. The van der Waals surface area contributed by atoms with Crippen molar-refractivity contribution >= 4 is 40.1 Å². The number of carbonyl (C=O) groups is 2. The fourth-order valence-corrected chi connectivity index (χ4v) is 5.41. The van der Waals surface area contributed by atoms with Gasteiger partial charge in [-0.05, 0) is 40.3 Å². The molecule has 2 amide bonds. The van der Waals surface area contributed by atoms with Crippen molar-refractivity contribution in [2.45, 2.75) is 38.7 Å². The van der Waals surface area contributed by atoms with Gasteiger partial charge in [-0.15, -0.1) is 0 Å². The zero-order valence-electron chi connectivity index (χ0n) is 20.5. The molecule has 1 fully saturated rings. The first-order valence-corrected chi connectivity index (χ1v) is 13.3. The number of ether oxygens (including phenoxy) is 1. The highest BCUT2D eigenvalue weighted by atomic mass is 32.2. The smallest absolute Gasteiger partial charge is 0.242 e. The minimum atomic E-state index is -0.432. The molecule has 186 valence electrons. The van der Waals surface area contributed by atoms with E-state index in [-0.39, 0.29) is 18.2 Å². The molecule has 0 bridgehead atoms. The summed E-state index contributed by atoms with van der Waals surface area (Å²) in [6.07, 6.45) is 0.134. The zero-order chi connectivity index (χ0) is 25.5. The minimum absolute atomic E-state index is 0.0605. The van der Waals surface area contributed by atoms with Crippen molar-refractivity contribution in [1.82, 2.24) is 10.2 Å². The summed E-state index contributed by atoms with van der Waals surface area (Å²) in [5.41, 5.74) is 4.31. The molecule has 0 spiro atoms. The monoisotopic (exact) mass is 518 g/mol. The fraction of sp³-hybridized carbons (Fsp3) is 0.276. The molecule has 0 aliphatic carbocycles. The Labute approximate surface area is 222 Å². The van der Waals surface area contributed by atoms with Crippen molar-refractivity contribution < 1.29 is 14.3 Å². The van der Waals surface area contributed by atoms with Crippen molar-refractivity contribution in [2.75, 3.05) is 6.54 Å². The van der Waals surface area contributed by atoms with Crippen LogP contribution in [0.15, 0.2) is 78.9 Å². The second-order valence-electron chi connectivity index (χ2n) is 9.19. The van der Waals surface area contributed by atoms with Gasteiger partial charge in [-0.25, -0.2) is 0 Å². The second kappa shape index (κ2) is 12.2. The number of thiocarbonyl (C=S) groups is 1. The van der Waals surface area contributed by atoms with Crippen LogP contribution in [0, 0.1) is 5.92 Å². The highest BCUT2D eigenvalue weighted by molar-refractivity contribution is 8.24. The molecule has 1 heterocycles. The Kier molecular flexibility index (Phi) is 8.78. The van der Waals surface area contributed by atoms with E-state index < -0.39 is 5.25 Å². The molecule has 1 unspecified atom stereocenters. The molecule has 1 aliphatic heterocycles. The van der Waals surface area contributed by atoms with Gasteiger partial charge in [-0.2, -0.15) is 0 Å². The van der Waals surface area contributed by atoms with Gasteiger partial charge >= 0.3 is 0 Å². The maximum Gasteiger partial charge on any atom is 0.242 e. The van der Waals surface area contributed by atoms with E-state index in [2.05, 4.69) is 5.32 Å². The average Bonchev–Trinajstić information content (AvgIpc) is 3.14. The first-order valence-electron chi connectivity index (χ1n) is 12.0. The van der Waals surface area contributed by atoms with Gasteiger partial charge in [0.15, 0.2) is 0 Å². The first kappa shape index (κ1) is 25.9. The third kappa shape index (κ3) is 6.95. The van der Waals surface area contributed by atoms with Crippen LogP contribution in [-0.2, 0) is 22.7 Å². The number of benzene rings is 3. The summed E-state index contributed by atoms with van der Waals surface area (Å²) in [6, 6.07) is 26.2. The van der Waals surface area contributed by atoms with Crippen molar-refractivity contribution in [3.05, 3.63) is 90.0 Å². The standard InChI is InChI=1S/C29H30N2O3S2/c1-20(2)18-31-28(33)26(36-29(31)35)16-27(32)30-17-21-8-10-23(11-9-21)24-12-14-25(15-13-24)34-19-22-6-4-3-5-7-22/h3-15,20,26H,16-19H2,1-2H3,(H,30,32). The normalized spacial score (nSPS) is 15.4. The topological polar surface area (TPSA) is 58.6 Å². The Morgan fingerprint density at radius 1 is 0.972 bits per heavy atom. The SMILES string of the molecule is CC(C)CN1C(=O)C(CC(=O)NCc2ccc(-c3ccc(OCc4ccccc4)cc3)cc2)SC1=S. The number of carbonyl (C=O) groups excluding carboxylic acids is 2. The summed E-state index contributed by atoms with van der Waals surface area (Å²) in [7, 11) is 0. The highest BCUT2D eigenvalue weighted by Crippen LogP contribution is 2.30. The van der Waals surface area contributed by atoms with Crippen LogP contribution in [0.25, 0.3) is 11.1 Å². The molecule has 1 N–H and O–H groups in total. The number of nitrogens with zero attached hydrogens (tertiary/aromatic N) is 1. The van der Waals surface area contributed by atoms with Crippen LogP contribution in [0.4, 0.5) is 0 Å². The van der Waals surface area contributed by atoms with Gasteiger partial charge in [0, 0.05) is 19.5 Å². The van der Waals surface area contributed by atoms with E-state index in [1.165, 1.54) is 11.8 Å². The van der Waals surface area contributed by atoms with Gasteiger partial charge in [0.25, 0.3) is 0 Å². The van der Waals surface area contributed by atoms with Gasteiger partial charge < -0.3 is 10.1 Å². The molecule has 0 aromatic heterocycles. The number of hydrogen-bond donors (Lipinski definition) is 1. The Hall–Kier alpha value is -3.16. The van der Waals surface area contributed by atoms with Gasteiger partial charge in [0.1, 0.15) is 16.7 Å². The molecular formula is C29H30N2O3S2. The van der Waals surface area contributed by atoms with Crippen LogP contribution in [0.3, 0.4) is 0 Å². The average molecular weight is 519 g/mol. The predicted octanol–water partition coefficient (Wildman–Crippen LogP) is 5.82. The summed E-state index contributed by atoms with van der Waals surface area (Å²) < 4.78 is 6.43. The van der Waals surface area contributed by atoms with Gasteiger partial charge in [0.05, 0.1) is 5.25 Å². The van der Waals surface area contributed by atoms with Crippen LogP contribution < -0.4 is 10.1 Å². The van der Waals surface area contributed by atoms with Crippen LogP contribution in [-0.4, -0.2) is 32.8 Å². The Bertz CT molecular complexity index is 1200. The van der Waals surface area contributed by atoms with E-state index in [1.54, 1.807) is 4.90 Å². The number of rotatable bonds is 10. The Morgan fingerprint density at radius 3 is 2.25 bits per heavy atom.